The minimum atomic E-state index is -0.657. The summed E-state index contributed by atoms with van der Waals surface area (Å²) < 4.78 is 10.4. The Morgan fingerprint density at radius 1 is 1.14 bits per heavy atom. The third kappa shape index (κ3) is 4.74. The van der Waals surface area contributed by atoms with Crippen molar-refractivity contribution in [2.24, 2.45) is 0 Å². The highest BCUT2D eigenvalue weighted by Crippen LogP contribution is 2.34. The van der Waals surface area contributed by atoms with Gasteiger partial charge in [-0.2, -0.15) is 0 Å². The molecule has 1 fully saturated rings. The van der Waals surface area contributed by atoms with Gasteiger partial charge in [-0.1, -0.05) is 41.9 Å². The van der Waals surface area contributed by atoms with Gasteiger partial charge in [0.05, 0.1) is 12.0 Å². The standard InChI is InChI=1S/C20H16ClNO5S/c1-26-18(23)11-22-19(24)17(28-20(22)25)10-14-4-2-3-5-16(14)27-12-13-6-8-15(21)9-7-13/h2-10H,11-12H2,1H3/b17-10-. The van der Waals surface area contributed by atoms with Gasteiger partial charge >= 0.3 is 5.97 Å². The number of benzene rings is 2. The smallest absolute Gasteiger partial charge is 0.325 e. The fraction of sp³-hybridized carbons (Fsp3) is 0.150. The van der Waals surface area contributed by atoms with Crippen LogP contribution in [0.5, 0.6) is 5.75 Å². The van der Waals surface area contributed by atoms with Crippen LogP contribution in [-0.2, 0) is 20.9 Å². The fourth-order valence-electron chi connectivity index (χ4n) is 2.44. The van der Waals surface area contributed by atoms with Crippen molar-refractivity contribution in [3.63, 3.8) is 0 Å². The molecule has 28 heavy (non-hydrogen) atoms. The minimum Gasteiger partial charge on any atom is -0.488 e. The van der Waals surface area contributed by atoms with Gasteiger partial charge in [0.25, 0.3) is 11.1 Å². The second kappa shape index (κ2) is 8.95. The number of ether oxygens (including phenoxy) is 2. The molecule has 1 heterocycles. The highest BCUT2D eigenvalue weighted by Gasteiger charge is 2.36. The molecular weight excluding hydrogens is 402 g/mol. The fourth-order valence-corrected chi connectivity index (χ4v) is 3.40. The number of esters is 1. The molecular formula is C20H16ClNO5S. The van der Waals surface area contributed by atoms with Gasteiger partial charge < -0.3 is 9.47 Å². The molecule has 2 aromatic carbocycles. The van der Waals surface area contributed by atoms with E-state index in [1.165, 1.54) is 7.11 Å². The summed E-state index contributed by atoms with van der Waals surface area (Å²) in [6, 6.07) is 14.5. The summed E-state index contributed by atoms with van der Waals surface area (Å²) in [5.41, 5.74) is 1.60. The van der Waals surface area contributed by atoms with Crippen LogP contribution < -0.4 is 4.74 Å². The monoisotopic (exact) mass is 417 g/mol. The number of methoxy groups -OCH3 is 1. The number of carbonyl (C=O) groups excluding carboxylic acids is 3. The van der Waals surface area contributed by atoms with E-state index in [1.54, 1.807) is 36.4 Å². The van der Waals surface area contributed by atoms with E-state index in [4.69, 9.17) is 16.3 Å². The Balaban J connectivity index is 1.77. The van der Waals surface area contributed by atoms with Crippen molar-refractivity contribution in [2.45, 2.75) is 6.61 Å². The van der Waals surface area contributed by atoms with Crippen molar-refractivity contribution < 1.29 is 23.9 Å². The molecule has 0 radical (unpaired) electrons. The molecule has 0 bridgehead atoms. The molecule has 3 rings (SSSR count). The van der Waals surface area contributed by atoms with Crippen molar-refractivity contribution in [1.82, 2.24) is 4.90 Å². The van der Waals surface area contributed by atoms with Crippen LogP contribution in [0.3, 0.4) is 0 Å². The van der Waals surface area contributed by atoms with Gasteiger partial charge in [-0.25, -0.2) is 0 Å². The molecule has 1 saturated heterocycles. The number of imide groups is 1. The summed E-state index contributed by atoms with van der Waals surface area (Å²) in [7, 11) is 1.20. The zero-order valence-electron chi connectivity index (χ0n) is 14.9. The summed E-state index contributed by atoms with van der Waals surface area (Å²) >= 11 is 6.66. The first kappa shape index (κ1) is 20.0. The summed E-state index contributed by atoms with van der Waals surface area (Å²) in [6.45, 7) is -0.0843. The molecule has 2 amide bonds. The maximum atomic E-state index is 12.4. The normalized spacial score (nSPS) is 15.2. The molecule has 6 nitrogen and oxygen atoms in total. The lowest BCUT2D eigenvalue weighted by atomic mass is 10.1. The van der Waals surface area contributed by atoms with Crippen LogP contribution in [0.25, 0.3) is 6.08 Å². The molecule has 0 saturated carbocycles. The molecule has 0 spiro atoms. The summed E-state index contributed by atoms with van der Waals surface area (Å²) in [4.78, 5) is 37.0. The summed E-state index contributed by atoms with van der Waals surface area (Å²) in [5.74, 6) is -0.625. The largest absolute Gasteiger partial charge is 0.488 e. The molecule has 0 unspecified atom stereocenters. The average Bonchev–Trinajstić information content (AvgIpc) is 2.95. The molecule has 0 N–H and O–H groups in total. The molecule has 8 heteroatoms. The van der Waals surface area contributed by atoms with Gasteiger partial charge in [0.2, 0.25) is 0 Å². The van der Waals surface area contributed by atoms with Crippen LogP contribution in [0.4, 0.5) is 4.79 Å². The van der Waals surface area contributed by atoms with Crippen LogP contribution in [-0.4, -0.2) is 35.7 Å². The quantitative estimate of drug-likeness (QED) is 0.519. The number of hydrogen-bond donors (Lipinski definition) is 0. The third-order valence-corrected chi connectivity index (χ3v) is 5.06. The first-order chi connectivity index (χ1) is 13.5. The highest BCUT2D eigenvalue weighted by molar-refractivity contribution is 8.18. The average molecular weight is 418 g/mol. The molecule has 144 valence electrons. The zero-order chi connectivity index (χ0) is 20.1. The second-order valence-corrected chi connectivity index (χ2v) is 7.23. The molecule has 1 aliphatic heterocycles. The van der Waals surface area contributed by atoms with Crippen molar-refractivity contribution in [3.05, 3.63) is 69.6 Å². The van der Waals surface area contributed by atoms with E-state index < -0.39 is 23.7 Å². The number of rotatable bonds is 6. The van der Waals surface area contributed by atoms with Crippen molar-refractivity contribution in [2.75, 3.05) is 13.7 Å². The number of halogens is 1. The minimum absolute atomic E-state index is 0.219. The first-order valence-corrected chi connectivity index (χ1v) is 9.46. The van der Waals surface area contributed by atoms with Crippen LogP contribution >= 0.6 is 23.4 Å². The van der Waals surface area contributed by atoms with Gasteiger partial charge in [0.15, 0.2) is 0 Å². The Morgan fingerprint density at radius 2 is 1.86 bits per heavy atom. The number of para-hydroxylation sites is 1. The topological polar surface area (TPSA) is 72.9 Å². The lowest BCUT2D eigenvalue weighted by Gasteiger charge is -2.11. The van der Waals surface area contributed by atoms with Crippen molar-refractivity contribution >= 4 is 46.6 Å². The second-order valence-electron chi connectivity index (χ2n) is 5.80. The highest BCUT2D eigenvalue weighted by atomic mass is 35.5. The molecule has 2 aromatic rings. The zero-order valence-corrected chi connectivity index (χ0v) is 16.5. The summed E-state index contributed by atoms with van der Waals surface area (Å²) in [6.07, 6.45) is 1.58. The molecule has 1 aliphatic rings. The molecule has 0 atom stereocenters. The van der Waals surface area contributed by atoms with Crippen molar-refractivity contribution in [1.29, 1.82) is 0 Å². The molecule has 0 aliphatic carbocycles. The van der Waals surface area contributed by atoms with E-state index in [-0.39, 0.29) is 4.91 Å². The number of thioether (sulfide) groups is 1. The van der Waals surface area contributed by atoms with Gasteiger partial charge in [0.1, 0.15) is 18.9 Å². The number of nitrogens with zero attached hydrogens (tertiary/aromatic N) is 1. The third-order valence-electron chi connectivity index (χ3n) is 3.90. The summed E-state index contributed by atoms with van der Waals surface area (Å²) in [5, 5.41) is 0.132. The van der Waals surface area contributed by atoms with Crippen molar-refractivity contribution in [3.8, 4) is 5.75 Å². The van der Waals surface area contributed by atoms with E-state index in [2.05, 4.69) is 4.74 Å². The van der Waals surface area contributed by atoms with Crippen LogP contribution in [0, 0.1) is 0 Å². The maximum Gasteiger partial charge on any atom is 0.325 e. The molecule has 0 aromatic heterocycles. The Kier molecular flexibility index (Phi) is 6.38. The Bertz CT molecular complexity index is 942. The van der Waals surface area contributed by atoms with E-state index in [9.17, 15) is 14.4 Å². The van der Waals surface area contributed by atoms with Gasteiger partial charge in [0, 0.05) is 10.6 Å². The van der Waals surface area contributed by atoms with Crippen LogP contribution in [0.15, 0.2) is 53.4 Å². The predicted molar refractivity (Wildman–Crippen MR) is 107 cm³/mol. The van der Waals surface area contributed by atoms with E-state index in [1.807, 2.05) is 18.2 Å². The number of carbonyl (C=O) groups is 3. The van der Waals surface area contributed by atoms with E-state index >= 15 is 0 Å². The maximum absolute atomic E-state index is 12.4. The Morgan fingerprint density at radius 3 is 2.57 bits per heavy atom. The lowest BCUT2D eigenvalue weighted by molar-refractivity contribution is -0.143. The van der Waals surface area contributed by atoms with Gasteiger partial charge in [-0.15, -0.1) is 0 Å². The predicted octanol–water partition coefficient (Wildman–Crippen LogP) is 4.13. The lowest BCUT2D eigenvalue weighted by Crippen LogP contribution is -2.34. The van der Waals surface area contributed by atoms with Gasteiger partial charge in [-0.05, 0) is 41.6 Å². The number of hydrogen-bond acceptors (Lipinski definition) is 6. The van der Waals surface area contributed by atoms with Gasteiger partial charge in [-0.3, -0.25) is 19.3 Å². The first-order valence-electron chi connectivity index (χ1n) is 8.26. The van der Waals surface area contributed by atoms with Crippen LogP contribution in [0.1, 0.15) is 11.1 Å². The Labute approximate surface area is 171 Å². The Hall–Kier alpha value is -2.77. The van der Waals surface area contributed by atoms with Crippen LogP contribution in [0.2, 0.25) is 5.02 Å². The van der Waals surface area contributed by atoms with E-state index in [0.29, 0.717) is 22.9 Å². The van der Waals surface area contributed by atoms with E-state index in [0.717, 1.165) is 22.2 Å². The number of amides is 2. The SMILES string of the molecule is COC(=O)CN1C(=O)S/C(=C\c2ccccc2OCc2ccc(Cl)cc2)C1=O.